The molecular formula is C45H30N2Se. The van der Waals surface area contributed by atoms with E-state index in [0.29, 0.717) is 14.5 Å². The summed E-state index contributed by atoms with van der Waals surface area (Å²) >= 11 is 0.345. The number of aromatic nitrogens is 2. The van der Waals surface area contributed by atoms with Gasteiger partial charge in [0.2, 0.25) is 0 Å². The third-order valence-electron chi connectivity index (χ3n) is 10.9. The Morgan fingerprint density at radius 3 is 1.96 bits per heavy atom. The Bertz CT molecular complexity index is 2980. The van der Waals surface area contributed by atoms with Gasteiger partial charge in [0.25, 0.3) is 0 Å². The van der Waals surface area contributed by atoms with Gasteiger partial charge in [0.1, 0.15) is 0 Å². The standard InChI is InChI=1S/C45H30N2Se/c1-45(2)36-15-7-3-11-29(36)30-21-19-28(26-37(30)45)46-39-17-9-5-14-34(39)43-40(46)23-22-33-31-12-4-8-16-38(31)47(44(33)43)27-20-24-42-35(25-27)32-13-6-10-18-41(32)48-42/h3-26H,1-2H3. The summed E-state index contributed by atoms with van der Waals surface area (Å²) in [6, 6.07) is 54.7. The molecule has 7 aromatic carbocycles. The van der Waals surface area contributed by atoms with Gasteiger partial charge in [0.05, 0.1) is 0 Å². The molecule has 48 heavy (non-hydrogen) atoms. The van der Waals surface area contributed by atoms with E-state index in [2.05, 4.69) is 169 Å². The van der Waals surface area contributed by atoms with Crippen molar-refractivity contribution < 1.29 is 0 Å². The molecular weight excluding hydrogens is 647 g/mol. The molecule has 0 fully saturated rings. The molecule has 2 nitrogen and oxygen atoms in total. The Labute approximate surface area is 283 Å². The summed E-state index contributed by atoms with van der Waals surface area (Å²) in [6.45, 7) is 4.73. The molecule has 0 spiro atoms. The first-order chi connectivity index (χ1) is 23.6. The van der Waals surface area contributed by atoms with Crippen LogP contribution < -0.4 is 0 Å². The van der Waals surface area contributed by atoms with Crippen LogP contribution in [-0.2, 0) is 5.41 Å². The van der Waals surface area contributed by atoms with Crippen LogP contribution in [0, 0.1) is 0 Å². The van der Waals surface area contributed by atoms with Gasteiger partial charge >= 0.3 is 225 Å². The van der Waals surface area contributed by atoms with Gasteiger partial charge in [-0.3, -0.25) is 0 Å². The van der Waals surface area contributed by atoms with Gasteiger partial charge in [-0.15, -0.1) is 0 Å². The molecule has 3 heteroatoms. The molecule has 0 N–H and O–H groups in total. The van der Waals surface area contributed by atoms with Crippen LogP contribution in [-0.4, -0.2) is 23.6 Å². The van der Waals surface area contributed by atoms with Crippen LogP contribution >= 0.6 is 0 Å². The van der Waals surface area contributed by atoms with Crippen molar-refractivity contribution >= 4 is 77.4 Å². The maximum absolute atomic E-state index is 2.53. The summed E-state index contributed by atoms with van der Waals surface area (Å²) in [5.74, 6) is 0. The molecule has 226 valence electrons. The van der Waals surface area contributed by atoms with Crippen molar-refractivity contribution in [3.8, 4) is 22.5 Å². The first-order valence-corrected chi connectivity index (χ1v) is 18.4. The fourth-order valence-electron chi connectivity index (χ4n) is 8.74. The van der Waals surface area contributed by atoms with Crippen LogP contribution in [0.15, 0.2) is 146 Å². The molecule has 3 heterocycles. The van der Waals surface area contributed by atoms with E-state index in [-0.39, 0.29) is 5.41 Å². The van der Waals surface area contributed by atoms with Crippen LogP contribution in [0.25, 0.3) is 85.4 Å². The van der Waals surface area contributed by atoms with Crippen LogP contribution in [0.5, 0.6) is 0 Å². The minimum absolute atomic E-state index is 0.0616. The topological polar surface area (TPSA) is 9.86 Å². The molecule has 3 aromatic heterocycles. The minimum atomic E-state index is -0.0616. The number of para-hydroxylation sites is 2. The average molecular weight is 678 g/mol. The predicted octanol–water partition coefficient (Wildman–Crippen LogP) is 11.6. The second-order valence-corrected chi connectivity index (χ2v) is 16.0. The van der Waals surface area contributed by atoms with E-state index in [1.54, 1.807) is 0 Å². The molecule has 0 unspecified atom stereocenters. The first kappa shape index (κ1) is 26.7. The van der Waals surface area contributed by atoms with Crippen LogP contribution in [0.3, 0.4) is 0 Å². The van der Waals surface area contributed by atoms with Crippen LogP contribution in [0.1, 0.15) is 25.0 Å². The van der Waals surface area contributed by atoms with Crippen molar-refractivity contribution in [2.24, 2.45) is 0 Å². The van der Waals surface area contributed by atoms with Crippen molar-refractivity contribution in [3.63, 3.8) is 0 Å². The van der Waals surface area contributed by atoms with Gasteiger partial charge in [-0.25, -0.2) is 0 Å². The molecule has 0 atom stereocenters. The summed E-state index contributed by atoms with van der Waals surface area (Å²) < 4.78 is 7.97. The second kappa shape index (κ2) is 9.39. The Morgan fingerprint density at radius 2 is 1.08 bits per heavy atom. The zero-order chi connectivity index (χ0) is 31.7. The van der Waals surface area contributed by atoms with Crippen LogP contribution in [0.4, 0.5) is 0 Å². The fourth-order valence-corrected chi connectivity index (χ4v) is 11.0. The monoisotopic (exact) mass is 678 g/mol. The zero-order valence-electron chi connectivity index (χ0n) is 26.7. The van der Waals surface area contributed by atoms with E-state index in [0.717, 1.165) is 0 Å². The summed E-state index contributed by atoms with van der Waals surface area (Å²) in [7, 11) is 0. The molecule has 10 aromatic rings. The molecule has 0 saturated heterocycles. The third kappa shape index (κ3) is 3.37. The number of rotatable bonds is 2. The van der Waals surface area contributed by atoms with E-state index in [1.807, 2.05) is 0 Å². The van der Waals surface area contributed by atoms with E-state index in [1.165, 1.54) is 96.5 Å². The molecule has 0 saturated carbocycles. The summed E-state index contributed by atoms with van der Waals surface area (Å²) in [4.78, 5) is 0. The molecule has 0 radical (unpaired) electrons. The molecule has 1 aliphatic carbocycles. The van der Waals surface area contributed by atoms with E-state index in [9.17, 15) is 0 Å². The SMILES string of the molecule is CC1(C)c2ccccc2-c2ccc(-n3c4ccccc4c4c3ccc3c5ccccc5n(-c5ccc6[se]c7ccccc7c6c5)c34)cc21. The second-order valence-electron chi connectivity index (χ2n) is 13.7. The number of hydrogen-bond acceptors (Lipinski definition) is 0. The number of fused-ring (bicyclic) bond motifs is 13. The van der Waals surface area contributed by atoms with Gasteiger partial charge in [-0.2, -0.15) is 0 Å². The summed E-state index contributed by atoms with van der Waals surface area (Å²) in [5, 5.41) is 7.92. The van der Waals surface area contributed by atoms with Gasteiger partial charge in [0, 0.05) is 5.41 Å². The number of benzene rings is 7. The average Bonchev–Trinajstić information content (AvgIpc) is 3.83. The normalized spacial score (nSPS) is 13.8. The van der Waals surface area contributed by atoms with Crippen molar-refractivity contribution in [2.75, 3.05) is 0 Å². The van der Waals surface area contributed by atoms with Gasteiger partial charge in [0.15, 0.2) is 0 Å². The Hall–Kier alpha value is -5.34. The molecule has 11 rings (SSSR count). The zero-order valence-corrected chi connectivity index (χ0v) is 28.4. The maximum atomic E-state index is 2.53. The Balaban J connectivity index is 1.25. The van der Waals surface area contributed by atoms with Gasteiger partial charge in [-0.05, 0) is 16.7 Å². The third-order valence-corrected chi connectivity index (χ3v) is 13.3. The molecule has 0 aliphatic heterocycles. The number of nitrogens with zero attached hydrogens (tertiary/aromatic N) is 2. The van der Waals surface area contributed by atoms with Gasteiger partial charge in [-0.1, -0.05) is 38.1 Å². The van der Waals surface area contributed by atoms with E-state index >= 15 is 0 Å². The van der Waals surface area contributed by atoms with Crippen molar-refractivity contribution in [3.05, 3.63) is 157 Å². The predicted molar refractivity (Wildman–Crippen MR) is 205 cm³/mol. The Morgan fingerprint density at radius 1 is 0.438 bits per heavy atom. The first-order valence-electron chi connectivity index (χ1n) is 16.7. The quantitative estimate of drug-likeness (QED) is 0.161. The van der Waals surface area contributed by atoms with E-state index < -0.39 is 0 Å². The fraction of sp³-hybridized carbons (Fsp3) is 0.0667. The van der Waals surface area contributed by atoms with Crippen molar-refractivity contribution in [2.45, 2.75) is 19.3 Å². The Kier molecular flexibility index (Phi) is 5.22. The molecule has 0 bridgehead atoms. The van der Waals surface area contributed by atoms with Crippen molar-refractivity contribution in [1.29, 1.82) is 0 Å². The molecule has 0 amide bonds. The van der Waals surface area contributed by atoms with Gasteiger partial charge < -0.3 is 0 Å². The van der Waals surface area contributed by atoms with Crippen LogP contribution in [0.2, 0.25) is 0 Å². The summed E-state index contributed by atoms with van der Waals surface area (Å²) in [5.41, 5.74) is 12.8. The molecule has 1 aliphatic rings. The van der Waals surface area contributed by atoms with Crippen molar-refractivity contribution in [1.82, 2.24) is 9.13 Å². The number of hydrogen-bond donors (Lipinski definition) is 0. The van der Waals surface area contributed by atoms with E-state index in [4.69, 9.17) is 0 Å². The summed E-state index contributed by atoms with van der Waals surface area (Å²) in [6.07, 6.45) is 0.